The lowest BCUT2D eigenvalue weighted by Gasteiger charge is -2.26. The van der Waals surface area contributed by atoms with Crippen LogP contribution in [-0.2, 0) is 11.3 Å². The fourth-order valence-electron chi connectivity index (χ4n) is 3.23. The number of halogens is 2. The summed E-state index contributed by atoms with van der Waals surface area (Å²) in [7, 11) is 0. The Morgan fingerprint density at radius 1 is 1.32 bits per heavy atom. The van der Waals surface area contributed by atoms with E-state index in [2.05, 4.69) is 40.7 Å². The van der Waals surface area contributed by atoms with Gasteiger partial charge in [0.25, 0.3) is 0 Å². The maximum atomic E-state index is 12.5. The van der Waals surface area contributed by atoms with Gasteiger partial charge in [-0.15, -0.1) is 24.8 Å². The summed E-state index contributed by atoms with van der Waals surface area (Å²) >= 11 is 2.03. The Morgan fingerprint density at radius 3 is 2.76 bits per heavy atom. The normalized spacial score (nSPS) is 20.9. The predicted octanol–water partition coefficient (Wildman–Crippen LogP) is 3.33. The molecule has 2 fully saturated rings. The van der Waals surface area contributed by atoms with Crippen molar-refractivity contribution in [3.8, 4) is 0 Å². The molecule has 2 N–H and O–H groups in total. The molecule has 3 rings (SSSR count). The Balaban J connectivity index is 0.00000156. The second kappa shape index (κ2) is 11.3. The van der Waals surface area contributed by atoms with Crippen LogP contribution in [0.15, 0.2) is 18.2 Å². The fraction of sp³-hybridized carbons (Fsp3) is 0.611. The van der Waals surface area contributed by atoms with Gasteiger partial charge >= 0.3 is 0 Å². The fourth-order valence-corrected chi connectivity index (χ4v) is 4.21. The van der Waals surface area contributed by atoms with Gasteiger partial charge in [-0.2, -0.15) is 11.8 Å². The number of nitrogens with zero attached hydrogens (tertiary/aromatic N) is 1. The number of piperidine rings is 1. The van der Waals surface area contributed by atoms with Gasteiger partial charge < -0.3 is 10.6 Å². The number of nitrogens with one attached hydrogen (secondary N) is 2. The molecule has 7 heteroatoms. The standard InChI is InChI=1S/C18H27N3OS.2ClH/c1-14-4-5-15(13-21-7-9-23-10-8-21)11-17(14)20-18(22)16-3-2-6-19-12-16;;/h4-5,11,16,19H,2-3,6-10,12-13H2,1H3,(H,20,22);2*1H. The van der Waals surface area contributed by atoms with Crippen LogP contribution in [-0.4, -0.2) is 48.5 Å². The molecule has 4 nitrogen and oxygen atoms in total. The zero-order valence-corrected chi connectivity index (χ0v) is 17.2. The lowest BCUT2D eigenvalue weighted by molar-refractivity contribution is -0.120. The van der Waals surface area contributed by atoms with Crippen molar-refractivity contribution in [3.05, 3.63) is 29.3 Å². The highest BCUT2D eigenvalue weighted by Gasteiger charge is 2.21. The summed E-state index contributed by atoms with van der Waals surface area (Å²) in [4.78, 5) is 15.0. The first-order valence-corrected chi connectivity index (χ1v) is 9.79. The van der Waals surface area contributed by atoms with Gasteiger partial charge in [-0.3, -0.25) is 9.69 Å². The van der Waals surface area contributed by atoms with Gasteiger partial charge in [0.1, 0.15) is 0 Å². The Hall–Kier alpha value is -0.460. The maximum absolute atomic E-state index is 12.5. The third-order valence-corrected chi connectivity index (χ3v) is 5.68. The van der Waals surface area contributed by atoms with Crippen LogP contribution in [0.1, 0.15) is 24.0 Å². The van der Waals surface area contributed by atoms with Gasteiger partial charge in [-0.25, -0.2) is 0 Å². The molecule has 2 saturated heterocycles. The van der Waals surface area contributed by atoms with Gasteiger partial charge in [-0.1, -0.05) is 12.1 Å². The first kappa shape index (κ1) is 22.6. The molecule has 1 aromatic carbocycles. The van der Waals surface area contributed by atoms with E-state index in [-0.39, 0.29) is 36.6 Å². The Kier molecular flexibility index (Phi) is 10.2. The molecule has 2 aliphatic rings. The van der Waals surface area contributed by atoms with Crippen LogP contribution in [0.5, 0.6) is 0 Å². The summed E-state index contributed by atoms with van der Waals surface area (Å²) in [5.41, 5.74) is 3.41. The van der Waals surface area contributed by atoms with E-state index in [1.807, 2.05) is 11.8 Å². The molecule has 1 amide bonds. The molecule has 0 saturated carbocycles. The Morgan fingerprint density at radius 2 is 2.08 bits per heavy atom. The Labute approximate surface area is 167 Å². The van der Waals surface area contributed by atoms with E-state index in [0.29, 0.717) is 0 Å². The topological polar surface area (TPSA) is 44.4 Å². The number of carbonyl (C=O) groups excluding carboxylic acids is 1. The SMILES string of the molecule is Cc1ccc(CN2CCSCC2)cc1NC(=O)C1CCCNC1.Cl.Cl. The van der Waals surface area contributed by atoms with E-state index in [1.165, 1.54) is 17.1 Å². The minimum Gasteiger partial charge on any atom is -0.326 e. The van der Waals surface area contributed by atoms with Crippen molar-refractivity contribution in [2.45, 2.75) is 26.3 Å². The number of anilines is 1. The number of amides is 1. The van der Waals surface area contributed by atoms with Crippen LogP contribution in [0, 0.1) is 12.8 Å². The molecule has 1 aromatic rings. The van der Waals surface area contributed by atoms with Crippen molar-refractivity contribution >= 4 is 48.2 Å². The van der Waals surface area contributed by atoms with Crippen LogP contribution in [0.4, 0.5) is 5.69 Å². The average molecular weight is 406 g/mol. The van der Waals surface area contributed by atoms with Gasteiger partial charge in [0.2, 0.25) is 5.91 Å². The van der Waals surface area contributed by atoms with Crippen molar-refractivity contribution in [1.82, 2.24) is 10.2 Å². The van der Waals surface area contributed by atoms with E-state index in [1.54, 1.807) is 0 Å². The van der Waals surface area contributed by atoms with Crippen LogP contribution in [0.25, 0.3) is 0 Å². The highest BCUT2D eigenvalue weighted by atomic mass is 35.5. The van der Waals surface area contributed by atoms with Crippen molar-refractivity contribution in [3.63, 3.8) is 0 Å². The number of benzene rings is 1. The summed E-state index contributed by atoms with van der Waals surface area (Å²) < 4.78 is 0. The molecule has 0 bridgehead atoms. The monoisotopic (exact) mass is 405 g/mol. The quantitative estimate of drug-likeness (QED) is 0.805. The van der Waals surface area contributed by atoms with E-state index < -0.39 is 0 Å². The third kappa shape index (κ3) is 6.65. The molecule has 2 heterocycles. The van der Waals surface area contributed by atoms with E-state index >= 15 is 0 Å². The molecule has 0 aliphatic carbocycles. The van der Waals surface area contributed by atoms with E-state index in [0.717, 1.165) is 56.8 Å². The average Bonchev–Trinajstić information content (AvgIpc) is 2.59. The summed E-state index contributed by atoms with van der Waals surface area (Å²) in [6.45, 7) is 7.20. The molecule has 0 spiro atoms. The molecule has 2 aliphatic heterocycles. The second-order valence-corrected chi connectivity index (χ2v) is 7.80. The van der Waals surface area contributed by atoms with Crippen molar-refractivity contribution in [2.75, 3.05) is 43.0 Å². The van der Waals surface area contributed by atoms with E-state index in [4.69, 9.17) is 0 Å². The van der Waals surface area contributed by atoms with Gasteiger partial charge in [0.05, 0.1) is 5.92 Å². The minimum absolute atomic E-state index is 0. The molecule has 0 radical (unpaired) electrons. The van der Waals surface area contributed by atoms with Crippen LogP contribution in [0.2, 0.25) is 0 Å². The summed E-state index contributed by atoms with van der Waals surface area (Å²) in [5.74, 6) is 2.71. The summed E-state index contributed by atoms with van der Waals surface area (Å²) in [5, 5.41) is 6.47. The predicted molar refractivity (Wildman–Crippen MR) is 113 cm³/mol. The minimum atomic E-state index is 0. The lowest BCUT2D eigenvalue weighted by atomic mass is 9.98. The highest BCUT2D eigenvalue weighted by molar-refractivity contribution is 7.99. The van der Waals surface area contributed by atoms with Crippen LogP contribution in [0.3, 0.4) is 0 Å². The van der Waals surface area contributed by atoms with Crippen molar-refractivity contribution in [2.24, 2.45) is 5.92 Å². The third-order valence-electron chi connectivity index (χ3n) is 4.74. The van der Waals surface area contributed by atoms with Crippen LogP contribution < -0.4 is 10.6 Å². The molecular formula is C18H29Cl2N3OS. The molecular weight excluding hydrogens is 377 g/mol. The smallest absolute Gasteiger partial charge is 0.228 e. The van der Waals surface area contributed by atoms with Crippen LogP contribution >= 0.6 is 36.6 Å². The molecule has 1 unspecified atom stereocenters. The number of hydrogen-bond donors (Lipinski definition) is 2. The molecule has 1 atom stereocenters. The zero-order valence-electron chi connectivity index (χ0n) is 14.8. The molecule has 142 valence electrons. The van der Waals surface area contributed by atoms with Gasteiger partial charge in [0.15, 0.2) is 0 Å². The maximum Gasteiger partial charge on any atom is 0.228 e. The summed E-state index contributed by atoms with van der Waals surface area (Å²) in [6.07, 6.45) is 2.08. The van der Waals surface area contributed by atoms with E-state index in [9.17, 15) is 4.79 Å². The molecule has 0 aromatic heterocycles. The highest BCUT2D eigenvalue weighted by Crippen LogP contribution is 2.21. The number of aryl methyl sites for hydroxylation is 1. The largest absolute Gasteiger partial charge is 0.326 e. The first-order valence-electron chi connectivity index (χ1n) is 8.63. The summed E-state index contributed by atoms with van der Waals surface area (Å²) in [6, 6.07) is 6.48. The van der Waals surface area contributed by atoms with Crippen molar-refractivity contribution in [1.29, 1.82) is 0 Å². The van der Waals surface area contributed by atoms with Crippen molar-refractivity contribution < 1.29 is 4.79 Å². The lowest BCUT2D eigenvalue weighted by Crippen LogP contribution is -2.37. The molecule has 25 heavy (non-hydrogen) atoms. The Bertz CT molecular complexity index is 547. The number of carbonyl (C=O) groups is 1. The van der Waals surface area contributed by atoms with Gasteiger partial charge in [0, 0.05) is 43.4 Å². The number of hydrogen-bond acceptors (Lipinski definition) is 4. The second-order valence-electron chi connectivity index (χ2n) is 6.57. The van der Waals surface area contributed by atoms with Gasteiger partial charge in [-0.05, 0) is 43.5 Å². The first-order chi connectivity index (χ1) is 11.2. The number of thioether (sulfide) groups is 1. The zero-order chi connectivity index (χ0) is 16.1. The number of rotatable bonds is 4.